The van der Waals surface area contributed by atoms with Crippen LogP contribution in [0.1, 0.15) is 45.1 Å². The molecule has 0 saturated heterocycles. The fourth-order valence-electron chi connectivity index (χ4n) is 3.32. The van der Waals surface area contributed by atoms with Crippen LogP contribution in [0.3, 0.4) is 0 Å². The van der Waals surface area contributed by atoms with Crippen molar-refractivity contribution in [2.75, 3.05) is 26.1 Å². The minimum absolute atomic E-state index is 0.496. The van der Waals surface area contributed by atoms with Crippen LogP contribution in [0.4, 0.5) is 0 Å². The van der Waals surface area contributed by atoms with Gasteiger partial charge in [-0.1, -0.05) is 31.0 Å². The highest BCUT2D eigenvalue weighted by Gasteiger charge is 2.23. The Morgan fingerprint density at radius 3 is 2.56 bits per heavy atom. The Kier molecular flexibility index (Phi) is 6.76. The van der Waals surface area contributed by atoms with E-state index < -0.39 is 0 Å². The van der Waals surface area contributed by atoms with Crippen LogP contribution in [0.15, 0.2) is 29.4 Å². The Morgan fingerprint density at radius 1 is 1.12 bits per heavy atom. The molecule has 1 aromatic heterocycles. The molecule has 3 rings (SSSR count). The van der Waals surface area contributed by atoms with Crippen molar-refractivity contribution in [2.24, 2.45) is 0 Å². The zero-order valence-corrected chi connectivity index (χ0v) is 15.9. The van der Waals surface area contributed by atoms with E-state index in [2.05, 4.69) is 26.9 Å². The predicted molar refractivity (Wildman–Crippen MR) is 101 cm³/mol. The summed E-state index contributed by atoms with van der Waals surface area (Å²) in [6, 6.07) is 8.59. The number of hydrogen-bond donors (Lipinski definition) is 0. The molecule has 0 atom stereocenters. The molecule has 1 heterocycles. The first-order valence-corrected chi connectivity index (χ1v) is 10.1. The van der Waals surface area contributed by atoms with Crippen LogP contribution in [0.2, 0.25) is 0 Å². The Balaban J connectivity index is 1.86. The summed E-state index contributed by atoms with van der Waals surface area (Å²) in [5.74, 6) is 2.73. The molecule has 1 fully saturated rings. The topological polar surface area (TPSA) is 49.2 Å². The molecular weight excluding hydrogens is 334 g/mol. The normalized spacial score (nSPS) is 15.4. The van der Waals surface area contributed by atoms with Gasteiger partial charge in [-0.15, -0.1) is 10.2 Å². The number of thioether (sulfide) groups is 1. The van der Waals surface area contributed by atoms with Gasteiger partial charge in [0.05, 0.1) is 13.7 Å². The minimum Gasteiger partial charge on any atom is -0.497 e. The average molecular weight is 362 g/mol. The van der Waals surface area contributed by atoms with Gasteiger partial charge in [0.25, 0.3) is 0 Å². The number of methoxy groups -OCH3 is 1. The van der Waals surface area contributed by atoms with Crippen LogP contribution in [0, 0.1) is 0 Å². The SMILES string of the molecule is CCOCCSc1nnc(-c2ccc(OC)cc2)n1C1CCCCC1. The summed E-state index contributed by atoms with van der Waals surface area (Å²) in [6.45, 7) is 3.53. The van der Waals surface area contributed by atoms with Crippen molar-refractivity contribution in [3.63, 3.8) is 0 Å². The molecule has 5 nitrogen and oxygen atoms in total. The Labute approximate surface area is 154 Å². The molecule has 6 heteroatoms. The average Bonchev–Trinajstić information content (AvgIpc) is 3.10. The van der Waals surface area contributed by atoms with Crippen molar-refractivity contribution in [1.82, 2.24) is 14.8 Å². The molecular formula is C19H27N3O2S. The van der Waals surface area contributed by atoms with Gasteiger partial charge in [0.15, 0.2) is 11.0 Å². The lowest BCUT2D eigenvalue weighted by Crippen LogP contribution is -2.15. The zero-order chi connectivity index (χ0) is 17.5. The molecule has 1 aliphatic carbocycles. The van der Waals surface area contributed by atoms with Crippen LogP contribution in [-0.4, -0.2) is 40.8 Å². The maximum Gasteiger partial charge on any atom is 0.191 e. The van der Waals surface area contributed by atoms with Gasteiger partial charge in [0, 0.05) is 24.0 Å². The second-order valence-electron chi connectivity index (χ2n) is 6.24. The number of hydrogen-bond acceptors (Lipinski definition) is 5. The highest BCUT2D eigenvalue weighted by molar-refractivity contribution is 7.99. The van der Waals surface area contributed by atoms with Gasteiger partial charge in [0.2, 0.25) is 0 Å². The van der Waals surface area contributed by atoms with E-state index in [1.807, 2.05) is 19.1 Å². The standard InChI is InChI=1S/C19H27N3O2S/c1-3-24-13-14-25-19-21-20-18(15-9-11-17(23-2)12-10-15)22(19)16-7-5-4-6-8-16/h9-12,16H,3-8,13-14H2,1-2H3. The molecule has 0 bridgehead atoms. The highest BCUT2D eigenvalue weighted by atomic mass is 32.2. The zero-order valence-electron chi connectivity index (χ0n) is 15.1. The molecule has 0 unspecified atom stereocenters. The fourth-order valence-corrected chi connectivity index (χ4v) is 4.17. The second-order valence-corrected chi connectivity index (χ2v) is 7.30. The van der Waals surface area contributed by atoms with Crippen molar-refractivity contribution < 1.29 is 9.47 Å². The minimum atomic E-state index is 0.496. The van der Waals surface area contributed by atoms with Crippen molar-refractivity contribution in [2.45, 2.75) is 50.2 Å². The summed E-state index contributed by atoms with van der Waals surface area (Å²) in [5, 5.41) is 10.0. The summed E-state index contributed by atoms with van der Waals surface area (Å²) in [5.41, 5.74) is 1.09. The van der Waals surface area contributed by atoms with E-state index in [0.29, 0.717) is 6.04 Å². The summed E-state index contributed by atoms with van der Waals surface area (Å²) < 4.78 is 13.1. The van der Waals surface area contributed by atoms with E-state index >= 15 is 0 Å². The molecule has 136 valence electrons. The Bertz CT molecular complexity index is 651. The predicted octanol–water partition coefficient (Wildman–Crippen LogP) is 4.59. The van der Waals surface area contributed by atoms with Gasteiger partial charge in [-0.25, -0.2) is 0 Å². The molecule has 1 saturated carbocycles. The molecule has 0 N–H and O–H groups in total. The lowest BCUT2D eigenvalue weighted by atomic mass is 9.95. The number of rotatable bonds is 8. The van der Waals surface area contributed by atoms with Crippen molar-refractivity contribution in [3.05, 3.63) is 24.3 Å². The summed E-state index contributed by atoms with van der Waals surface area (Å²) in [6.07, 6.45) is 6.33. The van der Waals surface area contributed by atoms with Gasteiger partial charge in [-0.2, -0.15) is 0 Å². The first-order chi connectivity index (χ1) is 12.3. The first-order valence-electron chi connectivity index (χ1n) is 9.13. The summed E-state index contributed by atoms with van der Waals surface area (Å²) >= 11 is 1.74. The van der Waals surface area contributed by atoms with E-state index in [0.717, 1.165) is 41.3 Å². The third-order valence-electron chi connectivity index (χ3n) is 4.62. The second kappa shape index (κ2) is 9.25. The van der Waals surface area contributed by atoms with E-state index in [1.165, 1.54) is 32.1 Å². The third-order valence-corrected chi connectivity index (χ3v) is 5.52. The molecule has 1 aromatic carbocycles. The van der Waals surface area contributed by atoms with Crippen LogP contribution in [0.5, 0.6) is 5.75 Å². The summed E-state index contributed by atoms with van der Waals surface area (Å²) in [4.78, 5) is 0. The monoisotopic (exact) mass is 361 g/mol. The van der Waals surface area contributed by atoms with Gasteiger partial charge in [-0.3, -0.25) is 4.57 Å². The van der Waals surface area contributed by atoms with E-state index in [-0.39, 0.29) is 0 Å². The number of ether oxygens (including phenoxy) is 2. The quantitative estimate of drug-likeness (QED) is 0.508. The first kappa shape index (κ1) is 18.3. The van der Waals surface area contributed by atoms with Gasteiger partial charge in [-0.05, 0) is 44.0 Å². The molecule has 25 heavy (non-hydrogen) atoms. The van der Waals surface area contributed by atoms with E-state index in [1.54, 1.807) is 18.9 Å². The Morgan fingerprint density at radius 2 is 1.88 bits per heavy atom. The maximum atomic E-state index is 5.47. The largest absolute Gasteiger partial charge is 0.497 e. The van der Waals surface area contributed by atoms with Crippen LogP contribution in [0.25, 0.3) is 11.4 Å². The van der Waals surface area contributed by atoms with Crippen LogP contribution in [-0.2, 0) is 4.74 Å². The maximum absolute atomic E-state index is 5.47. The molecule has 1 aliphatic rings. The van der Waals surface area contributed by atoms with Crippen LogP contribution < -0.4 is 4.74 Å². The van der Waals surface area contributed by atoms with Gasteiger partial charge >= 0.3 is 0 Å². The lowest BCUT2D eigenvalue weighted by molar-refractivity contribution is 0.164. The summed E-state index contributed by atoms with van der Waals surface area (Å²) in [7, 11) is 1.69. The van der Waals surface area contributed by atoms with E-state index in [9.17, 15) is 0 Å². The van der Waals surface area contributed by atoms with Crippen LogP contribution >= 0.6 is 11.8 Å². The van der Waals surface area contributed by atoms with Crippen molar-refractivity contribution in [3.8, 4) is 17.1 Å². The molecule has 0 spiro atoms. The fraction of sp³-hybridized carbons (Fsp3) is 0.579. The number of aromatic nitrogens is 3. The van der Waals surface area contributed by atoms with Gasteiger partial charge < -0.3 is 9.47 Å². The third kappa shape index (κ3) is 4.55. The Hall–Kier alpha value is -1.53. The van der Waals surface area contributed by atoms with E-state index in [4.69, 9.17) is 9.47 Å². The van der Waals surface area contributed by atoms with Crippen molar-refractivity contribution >= 4 is 11.8 Å². The molecule has 0 radical (unpaired) electrons. The van der Waals surface area contributed by atoms with Gasteiger partial charge in [0.1, 0.15) is 5.75 Å². The highest BCUT2D eigenvalue weighted by Crippen LogP contribution is 2.35. The lowest BCUT2D eigenvalue weighted by Gasteiger charge is -2.25. The van der Waals surface area contributed by atoms with Crippen molar-refractivity contribution in [1.29, 1.82) is 0 Å². The number of benzene rings is 1. The molecule has 2 aromatic rings. The molecule has 0 aliphatic heterocycles. The number of nitrogens with zero attached hydrogens (tertiary/aromatic N) is 3. The molecule has 0 amide bonds. The smallest absolute Gasteiger partial charge is 0.191 e.